The Morgan fingerprint density at radius 2 is 1.86 bits per heavy atom. The summed E-state index contributed by atoms with van der Waals surface area (Å²) in [5, 5.41) is 9.57. The van der Waals surface area contributed by atoms with Crippen LogP contribution in [0.15, 0.2) is 30.3 Å². The number of nitrogens with zero attached hydrogens (tertiary/aromatic N) is 1. The Balaban J connectivity index is 1.99. The van der Waals surface area contributed by atoms with Gasteiger partial charge in [0.2, 0.25) is 0 Å². The number of benzene rings is 1. The lowest BCUT2D eigenvalue weighted by Gasteiger charge is -2.24. The Bertz CT molecular complexity index is 467. The Labute approximate surface area is 126 Å². The van der Waals surface area contributed by atoms with Crippen molar-refractivity contribution in [2.24, 2.45) is 11.8 Å². The van der Waals surface area contributed by atoms with Crippen LogP contribution < -0.4 is 0 Å². The number of aliphatic hydroxyl groups excluding tert-OH is 1. The maximum absolute atomic E-state index is 12.1. The molecule has 1 aromatic carbocycles. The molecule has 1 aliphatic rings. The first-order valence-corrected chi connectivity index (χ1v) is 7.52. The smallest absolute Gasteiger partial charge is 0.410 e. The van der Waals surface area contributed by atoms with Gasteiger partial charge in [-0.05, 0) is 38.7 Å². The molecule has 2 rings (SSSR count). The lowest BCUT2D eigenvalue weighted by Crippen LogP contribution is -2.35. The zero-order valence-electron chi connectivity index (χ0n) is 13.1. The van der Waals surface area contributed by atoms with Crippen molar-refractivity contribution in [1.29, 1.82) is 0 Å². The number of hydrogen-bond acceptors (Lipinski definition) is 3. The van der Waals surface area contributed by atoms with E-state index in [1.54, 1.807) is 4.90 Å². The molecule has 1 amide bonds. The first kappa shape index (κ1) is 15.8. The first-order chi connectivity index (χ1) is 9.89. The lowest BCUT2D eigenvalue weighted by atomic mass is 9.90. The van der Waals surface area contributed by atoms with Gasteiger partial charge in [0.05, 0.1) is 0 Å². The molecule has 0 spiro atoms. The molecule has 0 saturated carbocycles. The van der Waals surface area contributed by atoms with Crippen LogP contribution in [0.1, 0.15) is 26.3 Å². The van der Waals surface area contributed by atoms with Gasteiger partial charge in [-0.1, -0.05) is 30.3 Å². The number of ether oxygens (including phenoxy) is 1. The number of amides is 1. The number of aliphatic hydroxyl groups is 1. The van der Waals surface area contributed by atoms with Gasteiger partial charge in [0, 0.05) is 25.6 Å². The van der Waals surface area contributed by atoms with Crippen molar-refractivity contribution >= 4 is 6.09 Å². The second-order valence-electron chi connectivity index (χ2n) is 6.78. The number of carbonyl (C=O) groups excluding carboxylic acids is 1. The van der Waals surface area contributed by atoms with Crippen molar-refractivity contribution in [3.05, 3.63) is 35.9 Å². The monoisotopic (exact) mass is 291 g/mol. The van der Waals surface area contributed by atoms with E-state index >= 15 is 0 Å². The summed E-state index contributed by atoms with van der Waals surface area (Å²) >= 11 is 0. The van der Waals surface area contributed by atoms with Crippen molar-refractivity contribution in [1.82, 2.24) is 4.90 Å². The Morgan fingerprint density at radius 3 is 2.43 bits per heavy atom. The second-order valence-corrected chi connectivity index (χ2v) is 6.78. The van der Waals surface area contributed by atoms with E-state index in [2.05, 4.69) is 12.1 Å². The number of rotatable bonds is 3. The van der Waals surface area contributed by atoms with Crippen molar-refractivity contribution < 1.29 is 14.6 Å². The van der Waals surface area contributed by atoms with Crippen LogP contribution in [-0.4, -0.2) is 41.4 Å². The normalized spacial score (nSPS) is 22.4. The van der Waals surface area contributed by atoms with Crippen LogP contribution in [-0.2, 0) is 11.2 Å². The minimum absolute atomic E-state index is 0.108. The van der Waals surface area contributed by atoms with E-state index in [-0.39, 0.29) is 24.5 Å². The summed E-state index contributed by atoms with van der Waals surface area (Å²) in [6.07, 6.45) is 0.599. The van der Waals surface area contributed by atoms with Gasteiger partial charge >= 0.3 is 6.09 Å². The van der Waals surface area contributed by atoms with Crippen molar-refractivity contribution in [3.8, 4) is 0 Å². The molecule has 0 aliphatic carbocycles. The molecule has 1 aromatic rings. The van der Waals surface area contributed by atoms with Gasteiger partial charge in [0.1, 0.15) is 5.60 Å². The van der Waals surface area contributed by atoms with Crippen LogP contribution in [0.3, 0.4) is 0 Å². The molecule has 1 saturated heterocycles. The van der Waals surface area contributed by atoms with Crippen LogP contribution in [0.5, 0.6) is 0 Å². The molecule has 2 unspecified atom stereocenters. The highest BCUT2D eigenvalue weighted by Gasteiger charge is 2.36. The molecule has 0 aromatic heterocycles. The SMILES string of the molecule is CC(C)(C)OC(=O)N1CC(CO)C(Cc2ccccc2)C1. The highest BCUT2D eigenvalue weighted by molar-refractivity contribution is 5.68. The van der Waals surface area contributed by atoms with Crippen LogP contribution in [0, 0.1) is 11.8 Å². The van der Waals surface area contributed by atoms with E-state index in [4.69, 9.17) is 4.74 Å². The van der Waals surface area contributed by atoms with E-state index in [9.17, 15) is 9.90 Å². The molecule has 116 valence electrons. The van der Waals surface area contributed by atoms with Gasteiger partial charge in [0.25, 0.3) is 0 Å². The van der Waals surface area contributed by atoms with Gasteiger partial charge in [0.15, 0.2) is 0 Å². The molecule has 2 atom stereocenters. The molecular weight excluding hydrogens is 266 g/mol. The van der Waals surface area contributed by atoms with Crippen LogP contribution in [0.4, 0.5) is 4.79 Å². The molecule has 4 heteroatoms. The summed E-state index contributed by atoms with van der Waals surface area (Å²) in [5.41, 5.74) is 0.760. The highest BCUT2D eigenvalue weighted by atomic mass is 16.6. The maximum Gasteiger partial charge on any atom is 0.410 e. The summed E-state index contributed by atoms with van der Waals surface area (Å²) in [6, 6.07) is 10.2. The number of carbonyl (C=O) groups is 1. The summed E-state index contributed by atoms with van der Waals surface area (Å²) in [6.45, 7) is 6.93. The van der Waals surface area contributed by atoms with Crippen LogP contribution >= 0.6 is 0 Å². The van der Waals surface area contributed by atoms with Crippen molar-refractivity contribution in [3.63, 3.8) is 0 Å². The molecule has 0 radical (unpaired) electrons. The Kier molecular flexibility index (Phi) is 4.88. The van der Waals surface area contributed by atoms with E-state index in [0.29, 0.717) is 13.1 Å². The average Bonchev–Trinajstić information content (AvgIpc) is 2.81. The van der Waals surface area contributed by atoms with Gasteiger partial charge < -0.3 is 14.7 Å². The Morgan fingerprint density at radius 1 is 1.24 bits per heavy atom. The van der Waals surface area contributed by atoms with Crippen molar-refractivity contribution in [2.75, 3.05) is 19.7 Å². The van der Waals surface area contributed by atoms with Gasteiger partial charge in [-0.3, -0.25) is 0 Å². The highest BCUT2D eigenvalue weighted by Crippen LogP contribution is 2.27. The van der Waals surface area contributed by atoms with Crippen LogP contribution in [0.25, 0.3) is 0 Å². The largest absolute Gasteiger partial charge is 0.444 e. The van der Waals surface area contributed by atoms with E-state index < -0.39 is 5.60 Å². The predicted octanol–water partition coefficient (Wildman–Crippen LogP) is 2.70. The second kappa shape index (κ2) is 6.48. The third kappa shape index (κ3) is 4.46. The molecular formula is C17H25NO3. The molecule has 1 N–H and O–H groups in total. The summed E-state index contributed by atoms with van der Waals surface area (Å²) < 4.78 is 5.42. The molecule has 1 aliphatic heterocycles. The number of likely N-dealkylation sites (tertiary alicyclic amines) is 1. The predicted molar refractivity (Wildman–Crippen MR) is 82.0 cm³/mol. The Hall–Kier alpha value is -1.55. The molecule has 0 bridgehead atoms. The average molecular weight is 291 g/mol. The molecule has 4 nitrogen and oxygen atoms in total. The topological polar surface area (TPSA) is 49.8 Å². The fourth-order valence-corrected chi connectivity index (χ4v) is 2.77. The minimum Gasteiger partial charge on any atom is -0.444 e. The summed E-state index contributed by atoms with van der Waals surface area (Å²) in [5.74, 6) is 0.405. The van der Waals surface area contributed by atoms with Crippen molar-refractivity contribution in [2.45, 2.75) is 32.8 Å². The third-order valence-electron chi connectivity index (χ3n) is 3.80. The first-order valence-electron chi connectivity index (χ1n) is 7.52. The fraction of sp³-hybridized carbons (Fsp3) is 0.588. The fourth-order valence-electron chi connectivity index (χ4n) is 2.77. The van der Waals surface area contributed by atoms with Gasteiger partial charge in [-0.25, -0.2) is 4.79 Å². The minimum atomic E-state index is -0.483. The zero-order chi connectivity index (χ0) is 15.5. The lowest BCUT2D eigenvalue weighted by molar-refractivity contribution is 0.0281. The molecule has 21 heavy (non-hydrogen) atoms. The molecule has 1 heterocycles. The van der Waals surface area contributed by atoms with E-state index in [0.717, 1.165) is 6.42 Å². The van der Waals surface area contributed by atoms with E-state index in [1.807, 2.05) is 39.0 Å². The van der Waals surface area contributed by atoms with Crippen LogP contribution in [0.2, 0.25) is 0 Å². The zero-order valence-corrected chi connectivity index (χ0v) is 13.1. The quantitative estimate of drug-likeness (QED) is 0.931. The molecule has 1 fully saturated rings. The van der Waals surface area contributed by atoms with E-state index in [1.165, 1.54) is 5.56 Å². The summed E-state index contributed by atoms with van der Waals surface area (Å²) in [4.78, 5) is 13.9. The summed E-state index contributed by atoms with van der Waals surface area (Å²) in [7, 11) is 0. The van der Waals surface area contributed by atoms with Gasteiger partial charge in [-0.2, -0.15) is 0 Å². The number of hydrogen-bond donors (Lipinski definition) is 1. The third-order valence-corrected chi connectivity index (χ3v) is 3.80. The standard InChI is InChI=1S/C17H25NO3/c1-17(2,3)21-16(20)18-10-14(15(11-18)12-19)9-13-7-5-4-6-8-13/h4-8,14-15,19H,9-12H2,1-3H3. The van der Waals surface area contributed by atoms with Gasteiger partial charge in [-0.15, -0.1) is 0 Å². The maximum atomic E-state index is 12.1.